The van der Waals surface area contributed by atoms with Gasteiger partial charge in [0.2, 0.25) is 5.91 Å². The summed E-state index contributed by atoms with van der Waals surface area (Å²) in [5, 5.41) is 10.2. The number of ether oxygens (including phenoxy) is 1. The first-order chi connectivity index (χ1) is 13.0. The maximum absolute atomic E-state index is 12.8. The summed E-state index contributed by atoms with van der Waals surface area (Å²) in [6.45, 7) is 4.67. The van der Waals surface area contributed by atoms with Gasteiger partial charge in [0.15, 0.2) is 5.82 Å². The van der Waals surface area contributed by atoms with Gasteiger partial charge in [-0.2, -0.15) is 5.10 Å². The maximum Gasteiger partial charge on any atom is 0.231 e. The minimum absolute atomic E-state index is 0.0982. The number of nitrogens with one attached hydrogen (secondary N) is 2. The van der Waals surface area contributed by atoms with Crippen molar-refractivity contribution in [2.75, 3.05) is 11.9 Å². The van der Waals surface area contributed by atoms with E-state index in [9.17, 15) is 4.79 Å². The molecule has 2 aromatic heterocycles. The van der Waals surface area contributed by atoms with Crippen LogP contribution in [0.3, 0.4) is 0 Å². The summed E-state index contributed by atoms with van der Waals surface area (Å²) in [5.41, 5.74) is 4.30. The number of aromatic amines is 1. The van der Waals surface area contributed by atoms with E-state index < -0.39 is 0 Å². The summed E-state index contributed by atoms with van der Waals surface area (Å²) in [6.07, 6.45) is 3.91. The third-order valence-electron chi connectivity index (χ3n) is 4.90. The van der Waals surface area contributed by atoms with Gasteiger partial charge >= 0.3 is 0 Å². The monoisotopic (exact) mass is 365 g/mol. The molecule has 7 heteroatoms. The van der Waals surface area contributed by atoms with E-state index >= 15 is 0 Å². The number of imidazole rings is 1. The van der Waals surface area contributed by atoms with E-state index in [2.05, 4.69) is 52.5 Å². The number of anilines is 1. The Morgan fingerprint density at radius 3 is 2.74 bits per heavy atom. The van der Waals surface area contributed by atoms with E-state index in [1.54, 1.807) is 6.20 Å². The van der Waals surface area contributed by atoms with Crippen LogP contribution in [0, 0.1) is 19.8 Å². The van der Waals surface area contributed by atoms with E-state index in [0.717, 1.165) is 17.1 Å². The van der Waals surface area contributed by atoms with Gasteiger partial charge in [0.1, 0.15) is 11.9 Å². The number of amides is 1. The molecule has 1 aromatic carbocycles. The molecule has 27 heavy (non-hydrogen) atoms. The zero-order valence-electron chi connectivity index (χ0n) is 15.7. The molecular weight excluding hydrogens is 342 g/mol. The number of H-pyrrole nitrogens is 1. The lowest BCUT2D eigenvalue weighted by molar-refractivity contribution is -0.121. The first kappa shape index (κ1) is 17.5. The summed E-state index contributed by atoms with van der Waals surface area (Å²) in [6, 6.07) is 8.17. The van der Waals surface area contributed by atoms with Crippen molar-refractivity contribution >= 4 is 11.7 Å². The number of benzene rings is 1. The molecule has 1 aliphatic heterocycles. The van der Waals surface area contributed by atoms with E-state index in [4.69, 9.17) is 4.74 Å². The Morgan fingerprint density at radius 2 is 2.04 bits per heavy atom. The second-order valence-corrected chi connectivity index (χ2v) is 7.12. The molecule has 0 spiro atoms. The maximum atomic E-state index is 12.8. The van der Waals surface area contributed by atoms with Crippen LogP contribution in [-0.4, -0.2) is 32.3 Å². The molecule has 1 aliphatic rings. The quantitative estimate of drug-likeness (QED) is 0.744. The second-order valence-electron chi connectivity index (χ2n) is 7.12. The van der Waals surface area contributed by atoms with Crippen LogP contribution in [-0.2, 0) is 16.6 Å². The van der Waals surface area contributed by atoms with E-state index in [1.165, 1.54) is 11.1 Å². The molecule has 3 aromatic rings. The van der Waals surface area contributed by atoms with Gasteiger partial charge in [0, 0.05) is 37.7 Å². The molecule has 0 aliphatic carbocycles. The van der Waals surface area contributed by atoms with Crippen LogP contribution in [0.5, 0.6) is 0 Å². The van der Waals surface area contributed by atoms with Crippen molar-refractivity contribution in [3.63, 3.8) is 0 Å². The van der Waals surface area contributed by atoms with Gasteiger partial charge in [-0.3, -0.25) is 9.89 Å². The van der Waals surface area contributed by atoms with Gasteiger partial charge in [-0.05, 0) is 32.4 Å². The number of hydrogen-bond donors (Lipinski definition) is 2. The smallest absolute Gasteiger partial charge is 0.231 e. The van der Waals surface area contributed by atoms with Crippen LogP contribution in [0.15, 0.2) is 36.7 Å². The minimum Gasteiger partial charge on any atom is -0.369 e. The van der Waals surface area contributed by atoms with Crippen LogP contribution >= 0.6 is 0 Å². The fraction of sp³-hybridized carbons (Fsp3) is 0.350. The lowest BCUT2D eigenvalue weighted by Crippen LogP contribution is -2.26. The Morgan fingerprint density at radius 1 is 1.26 bits per heavy atom. The highest BCUT2D eigenvalue weighted by Crippen LogP contribution is 2.34. The fourth-order valence-corrected chi connectivity index (χ4v) is 3.65. The molecule has 3 heterocycles. The Kier molecular flexibility index (Phi) is 4.53. The molecule has 1 saturated heterocycles. The highest BCUT2D eigenvalue weighted by Gasteiger charge is 2.37. The molecule has 1 amide bonds. The van der Waals surface area contributed by atoms with Gasteiger partial charge in [0.25, 0.3) is 0 Å². The Labute approximate surface area is 157 Å². The Bertz CT molecular complexity index is 954. The average molecular weight is 365 g/mol. The van der Waals surface area contributed by atoms with Crippen LogP contribution < -0.4 is 5.32 Å². The Balaban J connectivity index is 1.50. The number of carbonyl (C=O) groups is 1. The molecular formula is C20H23N5O2. The van der Waals surface area contributed by atoms with Crippen LogP contribution in [0.4, 0.5) is 5.82 Å². The zero-order valence-corrected chi connectivity index (χ0v) is 15.7. The van der Waals surface area contributed by atoms with Crippen LogP contribution in [0.2, 0.25) is 0 Å². The van der Waals surface area contributed by atoms with Crippen molar-refractivity contribution in [3.8, 4) is 11.3 Å². The first-order valence-corrected chi connectivity index (χ1v) is 9.05. The largest absolute Gasteiger partial charge is 0.369 e. The molecule has 2 N–H and O–H groups in total. The number of hydrogen-bond acceptors (Lipinski definition) is 4. The van der Waals surface area contributed by atoms with Gasteiger partial charge < -0.3 is 14.6 Å². The molecule has 1 fully saturated rings. The van der Waals surface area contributed by atoms with Crippen molar-refractivity contribution in [2.24, 2.45) is 13.0 Å². The molecule has 4 rings (SSSR count). The van der Waals surface area contributed by atoms with Gasteiger partial charge in [0.05, 0.1) is 11.6 Å². The molecule has 0 unspecified atom stereocenters. The van der Waals surface area contributed by atoms with Crippen molar-refractivity contribution in [1.29, 1.82) is 0 Å². The molecule has 7 nitrogen and oxygen atoms in total. The van der Waals surface area contributed by atoms with E-state index in [0.29, 0.717) is 18.8 Å². The SMILES string of the molecule is Cc1cc(C)cc(-c2cc(NC(=O)[C@@H]3CCO[C@H]3c3nccn3C)n[nH]2)c1. The van der Waals surface area contributed by atoms with Crippen molar-refractivity contribution in [2.45, 2.75) is 26.4 Å². The number of aromatic nitrogens is 4. The first-order valence-electron chi connectivity index (χ1n) is 9.05. The third kappa shape index (κ3) is 3.50. The summed E-state index contributed by atoms with van der Waals surface area (Å²) in [5.74, 6) is 0.900. The van der Waals surface area contributed by atoms with Crippen molar-refractivity contribution in [1.82, 2.24) is 19.7 Å². The molecule has 2 atom stereocenters. The summed E-state index contributed by atoms with van der Waals surface area (Å²) in [7, 11) is 1.91. The van der Waals surface area contributed by atoms with Crippen LogP contribution in [0.1, 0.15) is 29.5 Å². The van der Waals surface area contributed by atoms with Crippen molar-refractivity contribution < 1.29 is 9.53 Å². The molecule has 0 saturated carbocycles. The standard InChI is InChI=1S/C20H23N5O2/c1-12-8-13(2)10-14(9-12)16-11-17(24-23-16)22-20(26)15-4-7-27-18(15)19-21-5-6-25(19)3/h5-6,8-11,15,18H,4,7H2,1-3H3,(H2,22,23,24,26)/t15-,18-/m1/s1. The zero-order chi connectivity index (χ0) is 19.0. The minimum atomic E-state index is -0.331. The fourth-order valence-electron chi connectivity index (χ4n) is 3.65. The number of carbonyl (C=O) groups excluding carboxylic acids is 1. The van der Waals surface area contributed by atoms with Crippen molar-refractivity contribution in [3.05, 3.63) is 53.6 Å². The van der Waals surface area contributed by atoms with E-state index in [-0.39, 0.29) is 17.9 Å². The summed E-state index contributed by atoms with van der Waals surface area (Å²) >= 11 is 0. The normalized spacial score (nSPS) is 19.4. The second kappa shape index (κ2) is 7.00. The predicted molar refractivity (Wildman–Crippen MR) is 102 cm³/mol. The number of aryl methyl sites for hydroxylation is 3. The molecule has 140 valence electrons. The lowest BCUT2D eigenvalue weighted by Gasteiger charge is -2.17. The topological polar surface area (TPSA) is 84.8 Å². The number of nitrogens with zero attached hydrogens (tertiary/aromatic N) is 3. The van der Waals surface area contributed by atoms with Crippen LogP contribution in [0.25, 0.3) is 11.3 Å². The predicted octanol–water partition coefficient (Wildman–Crippen LogP) is 3.14. The summed E-state index contributed by atoms with van der Waals surface area (Å²) < 4.78 is 7.67. The van der Waals surface area contributed by atoms with Gasteiger partial charge in [-0.15, -0.1) is 0 Å². The third-order valence-corrected chi connectivity index (χ3v) is 4.90. The lowest BCUT2D eigenvalue weighted by atomic mass is 10.00. The highest BCUT2D eigenvalue weighted by molar-refractivity contribution is 5.92. The average Bonchev–Trinajstić information content (AvgIpc) is 3.33. The highest BCUT2D eigenvalue weighted by atomic mass is 16.5. The van der Waals surface area contributed by atoms with Gasteiger partial charge in [-0.1, -0.05) is 17.2 Å². The van der Waals surface area contributed by atoms with Gasteiger partial charge in [-0.25, -0.2) is 4.98 Å². The molecule has 0 bridgehead atoms. The Hall–Kier alpha value is -2.93. The summed E-state index contributed by atoms with van der Waals surface area (Å²) in [4.78, 5) is 17.1. The number of rotatable bonds is 4. The molecule has 0 radical (unpaired) electrons. The van der Waals surface area contributed by atoms with E-state index in [1.807, 2.05) is 23.9 Å².